The number of carboxylic acid groups (broad SMARTS) is 1. The molecule has 1 aliphatic heterocycles. The summed E-state index contributed by atoms with van der Waals surface area (Å²) in [7, 11) is 0. The smallest absolute Gasteiger partial charge is 0.326 e. The zero-order chi connectivity index (χ0) is 30.1. The molecule has 2 aromatic rings. The van der Waals surface area contributed by atoms with Crippen molar-refractivity contribution in [3.05, 3.63) is 59.7 Å². The van der Waals surface area contributed by atoms with Crippen LogP contribution < -0.4 is 22.1 Å². The van der Waals surface area contributed by atoms with E-state index in [9.17, 15) is 39.3 Å². The highest BCUT2D eigenvalue weighted by Gasteiger charge is 2.39. The number of primary amides is 1. The van der Waals surface area contributed by atoms with E-state index in [-0.39, 0.29) is 50.1 Å². The molecule has 13 nitrogen and oxygen atoms in total. The zero-order valence-corrected chi connectivity index (χ0v) is 22.4. The van der Waals surface area contributed by atoms with Crippen LogP contribution in [0.3, 0.4) is 0 Å². The minimum Gasteiger partial charge on any atom is -0.508 e. The highest BCUT2D eigenvalue weighted by Crippen LogP contribution is 2.21. The van der Waals surface area contributed by atoms with E-state index < -0.39 is 53.8 Å². The van der Waals surface area contributed by atoms with Gasteiger partial charge in [0.05, 0.1) is 6.04 Å². The number of hydrogen-bond donors (Lipinski definition) is 7. The topological polar surface area (TPSA) is 225 Å². The number of nitrogens with zero attached hydrogens (tertiary/aromatic N) is 1. The first kappa shape index (κ1) is 30.9. The lowest BCUT2D eigenvalue weighted by Crippen LogP contribution is -2.57. The van der Waals surface area contributed by atoms with Crippen LogP contribution in [0.4, 0.5) is 0 Å². The van der Waals surface area contributed by atoms with Gasteiger partial charge in [-0.05, 0) is 61.1 Å². The van der Waals surface area contributed by atoms with Gasteiger partial charge >= 0.3 is 5.97 Å². The van der Waals surface area contributed by atoms with Gasteiger partial charge < -0.3 is 42.3 Å². The predicted molar refractivity (Wildman–Crippen MR) is 146 cm³/mol. The van der Waals surface area contributed by atoms with E-state index in [1.165, 1.54) is 29.2 Å². The van der Waals surface area contributed by atoms with E-state index >= 15 is 0 Å². The Labute approximate surface area is 236 Å². The number of aliphatic carboxylic acids is 1. The number of rotatable bonds is 13. The standard InChI is InChI=1S/C28H35N5O8/c29-20(14-16-3-7-18(34)8-4-16)25(37)31-21(11-12-24(30)36)27(39)33-13-1-2-23(33)26(38)32-22(28(40)41)15-17-5-9-19(35)10-6-17/h3-10,20-23,34-35H,1-2,11-15,29H2,(H2,30,36)(H,31,37)(H,32,38)(H,40,41). The molecule has 0 bridgehead atoms. The average Bonchev–Trinajstić information content (AvgIpc) is 3.42. The molecule has 4 unspecified atom stereocenters. The number of hydrogen-bond acceptors (Lipinski definition) is 8. The monoisotopic (exact) mass is 569 g/mol. The van der Waals surface area contributed by atoms with Crippen LogP contribution in [0.25, 0.3) is 0 Å². The summed E-state index contributed by atoms with van der Waals surface area (Å²) in [6.45, 7) is 0.190. The molecule has 0 spiro atoms. The first-order valence-electron chi connectivity index (χ1n) is 13.2. The second kappa shape index (κ2) is 14.1. The fourth-order valence-corrected chi connectivity index (χ4v) is 4.64. The normalized spacial score (nSPS) is 16.8. The molecule has 220 valence electrons. The molecule has 1 saturated heterocycles. The number of likely N-dealkylation sites (tertiary alicyclic amines) is 1. The molecular weight excluding hydrogens is 534 g/mol. The Hall–Kier alpha value is -4.65. The fourth-order valence-electron chi connectivity index (χ4n) is 4.64. The maximum absolute atomic E-state index is 13.5. The zero-order valence-electron chi connectivity index (χ0n) is 22.4. The lowest BCUT2D eigenvalue weighted by atomic mass is 10.0. The van der Waals surface area contributed by atoms with Crippen molar-refractivity contribution in [2.24, 2.45) is 11.5 Å². The number of nitrogens with two attached hydrogens (primary N) is 2. The highest BCUT2D eigenvalue weighted by atomic mass is 16.4. The first-order valence-corrected chi connectivity index (χ1v) is 13.2. The van der Waals surface area contributed by atoms with E-state index in [4.69, 9.17) is 11.5 Å². The Morgan fingerprint density at radius 3 is 1.98 bits per heavy atom. The second-order valence-corrected chi connectivity index (χ2v) is 10.0. The average molecular weight is 570 g/mol. The quantitative estimate of drug-likeness (QED) is 0.165. The van der Waals surface area contributed by atoms with Gasteiger partial charge in [0.1, 0.15) is 29.6 Å². The van der Waals surface area contributed by atoms with Crippen molar-refractivity contribution >= 4 is 29.6 Å². The number of amides is 4. The first-order chi connectivity index (χ1) is 19.4. The molecule has 41 heavy (non-hydrogen) atoms. The van der Waals surface area contributed by atoms with Crippen molar-refractivity contribution in [3.63, 3.8) is 0 Å². The van der Waals surface area contributed by atoms with Crippen molar-refractivity contribution in [1.29, 1.82) is 0 Å². The molecule has 1 fully saturated rings. The number of nitrogens with one attached hydrogen (secondary N) is 2. The van der Waals surface area contributed by atoms with Crippen LogP contribution in [0.2, 0.25) is 0 Å². The summed E-state index contributed by atoms with van der Waals surface area (Å²) >= 11 is 0. The molecule has 0 aromatic heterocycles. The van der Waals surface area contributed by atoms with Gasteiger partial charge in [0.2, 0.25) is 23.6 Å². The summed E-state index contributed by atoms with van der Waals surface area (Å²) in [6.07, 6.45) is 0.501. The summed E-state index contributed by atoms with van der Waals surface area (Å²) in [5.41, 5.74) is 12.6. The third-order valence-corrected chi connectivity index (χ3v) is 6.85. The van der Waals surface area contributed by atoms with Crippen molar-refractivity contribution < 1.29 is 39.3 Å². The number of benzene rings is 2. The molecule has 1 heterocycles. The van der Waals surface area contributed by atoms with E-state index in [2.05, 4.69) is 10.6 Å². The van der Waals surface area contributed by atoms with Crippen LogP contribution >= 0.6 is 0 Å². The van der Waals surface area contributed by atoms with Gasteiger partial charge in [0.15, 0.2) is 0 Å². The number of phenols is 2. The number of aromatic hydroxyl groups is 2. The van der Waals surface area contributed by atoms with Crippen LogP contribution in [0.1, 0.15) is 36.8 Å². The largest absolute Gasteiger partial charge is 0.508 e. The summed E-state index contributed by atoms with van der Waals surface area (Å²) in [5.74, 6) is -3.80. The van der Waals surface area contributed by atoms with Crippen molar-refractivity contribution in [3.8, 4) is 11.5 Å². The maximum atomic E-state index is 13.5. The Kier molecular flexibility index (Phi) is 10.6. The van der Waals surface area contributed by atoms with Crippen LogP contribution in [-0.4, -0.2) is 80.5 Å². The third-order valence-electron chi connectivity index (χ3n) is 6.85. The van der Waals surface area contributed by atoms with E-state index in [1.54, 1.807) is 24.3 Å². The third kappa shape index (κ3) is 8.93. The maximum Gasteiger partial charge on any atom is 0.326 e. The summed E-state index contributed by atoms with van der Waals surface area (Å²) in [5, 5.41) is 33.6. The molecule has 0 saturated carbocycles. The summed E-state index contributed by atoms with van der Waals surface area (Å²) in [4.78, 5) is 64.2. The molecule has 0 radical (unpaired) electrons. The number of carbonyl (C=O) groups is 5. The molecule has 1 aliphatic rings. The highest BCUT2D eigenvalue weighted by molar-refractivity contribution is 5.95. The van der Waals surface area contributed by atoms with Gasteiger partial charge in [-0.3, -0.25) is 19.2 Å². The van der Waals surface area contributed by atoms with Crippen molar-refractivity contribution in [1.82, 2.24) is 15.5 Å². The Bertz CT molecular complexity index is 1250. The second-order valence-electron chi connectivity index (χ2n) is 10.0. The van der Waals surface area contributed by atoms with Crippen molar-refractivity contribution in [2.45, 2.75) is 62.7 Å². The lowest BCUT2D eigenvalue weighted by Gasteiger charge is -2.30. The minimum absolute atomic E-state index is 0.0176. The SMILES string of the molecule is NC(=O)CCC(NC(=O)C(N)Cc1ccc(O)cc1)C(=O)N1CCCC1C(=O)NC(Cc1ccc(O)cc1)C(=O)O. The Balaban J connectivity index is 1.69. The van der Waals surface area contributed by atoms with Gasteiger partial charge in [-0.15, -0.1) is 0 Å². The minimum atomic E-state index is -1.28. The molecule has 0 aliphatic carbocycles. The molecule has 3 rings (SSSR count). The number of phenolic OH excluding ortho intramolecular Hbond substituents is 2. The Morgan fingerprint density at radius 2 is 1.44 bits per heavy atom. The van der Waals surface area contributed by atoms with Gasteiger partial charge in [-0.1, -0.05) is 24.3 Å². The Morgan fingerprint density at radius 1 is 0.878 bits per heavy atom. The molecule has 4 atom stereocenters. The van der Waals surface area contributed by atoms with Gasteiger partial charge in [0, 0.05) is 19.4 Å². The van der Waals surface area contributed by atoms with Crippen LogP contribution in [0, 0.1) is 0 Å². The number of carbonyl (C=O) groups excluding carboxylic acids is 4. The van der Waals surface area contributed by atoms with Gasteiger partial charge in [-0.25, -0.2) is 4.79 Å². The molecular formula is C28H35N5O8. The van der Waals surface area contributed by atoms with E-state index in [0.717, 1.165) is 0 Å². The van der Waals surface area contributed by atoms with E-state index in [0.29, 0.717) is 17.5 Å². The van der Waals surface area contributed by atoms with E-state index in [1.807, 2.05) is 0 Å². The molecule has 9 N–H and O–H groups in total. The van der Waals surface area contributed by atoms with Gasteiger partial charge in [0.25, 0.3) is 0 Å². The fraction of sp³-hybridized carbons (Fsp3) is 0.393. The predicted octanol–water partition coefficient (Wildman–Crippen LogP) is -0.479. The van der Waals surface area contributed by atoms with Crippen LogP contribution in [0.15, 0.2) is 48.5 Å². The molecule has 2 aromatic carbocycles. The lowest BCUT2D eigenvalue weighted by molar-refractivity contribution is -0.145. The number of carboxylic acids is 1. The molecule has 4 amide bonds. The van der Waals surface area contributed by atoms with Crippen LogP contribution in [0.5, 0.6) is 11.5 Å². The summed E-state index contributed by atoms with van der Waals surface area (Å²) < 4.78 is 0. The van der Waals surface area contributed by atoms with Crippen LogP contribution in [-0.2, 0) is 36.8 Å². The summed E-state index contributed by atoms with van der Waals surface area (Å²) in [6, 6.07) is 7.52. The van der Waals surface area contributed by atoms with Crippen molar-refractivity contribution in [2.75, 3.05) is 6.54 Å². The molecule has 13 heteroatoms. The van der Waals surface area contributed by atoms with Gasteiger partial charge in [-0.2, -0.15) is 0 Å².